The Hall–Kier alpha value is -2.57. The number of cyclic esters (lactones) is 1. The van der Waals surface area contributed by atoms with Crippen molar-refractivity contribution >= 4 is 17.7 Å². The van der Waals surface area contributed by atoms with Crippen LogP contribution >= 0.6 is 0 Å². The van der Waals surface area contributed by atoms with Gasteiger partial charge in [0.1, 0.15) is 6.10 Å². The number of fused-ring (bicyclic) bond motifs is 3. The van der Waals surface area contributed by atoms with Gasteiger partial charge in [0.15, 0.2) is 5.76 Å². The molecule has 2 heterocycles. The molecule has 0 unspecified atom stereocenters. The average Bonchev–Trinajstić information content (AvgIpc) is 3.18. The highest BCUT2D eigenvalue weighted by Gasteiger charge is 2.66. The van der Waals surface area contributed by atoms with Crippen molar-refractivity contribution in [1.29, 1.82) is 0 Å². The lowest BCUT2D eigenvalue weighted by atomic mass is 9.44. The molecule has 6 atom stereocenters. The van der Waals surface area contributed by atoms with Crippen molar-refractivity contribution < 1.29 is 33.4 Å². The number of carbonyl (C=O) groups is 3. The number of carbonyl (C=O) groups excluding carboxylic acids is 3. The fraction of sp³-hybridized carbons (Fsp3) is 0.571. The third kappa shape index (κ3) is 2.45. The molecule has 2 aliphatic carbocycles. The Kier molecular flexibility index (Phi) is 4.17. The molecule has 7 nitrogen and oxygen atoms in total. The van der Waals surface area contributed by atoms with Gasteiger partial charge < -0.3 is 19.0 Å². The van der Waals surface area contributed by atoms with Crippen LogP contribution in [-0.4, -0.2) is 29.9 Å². The molecular formula is C21H24O7. The highest BCUT2D eigenvalue weighted by molar-refractivity contribution is 5.99. The fourth-order valence-corrected chi connectivity index (χ4v) is 5.82. The maximum Gasteiger partial charge on any atom is 0.313 e. The minimum atomic E-state index is -0.768. The summed E-state index contributed by atoms with van der Waals surface area (Å²) in [5.41, 5.74) is -0.788. The van der Waals surface area contributed by atoms with Gasteiger partial charge >= 0.3 is 11.9 Å². The molecule has 0 spiro atoms. The Labute approximate surface area is 162 Å². The Balaban J connectivity index is 1.81. The van der Waals surface area contributed by atoms with Crippen LogP contribution in [0.1, 0.15) is 44.8 Å². The summed E-state index contributed by atoms with van der Waals surface area (Å²) in [7, 11) is 1.29. The number of aliphatic hydroxyl groups excluding tert-OH is 1. The molecule has 1 aromatic rings. The van der Waals surface area contributed by atoms with Crippen LogP contribution < -0.4 is 0 Å². The third-order valence-corrected chi connectivity index (χ3v) is 7.17. The highest BCUT2D eigenvalue weighted by Crippen LogP contribution is 2.64. The van der Waals surface area contributed by atoms with Gasteiger partial charge in [-0.1, -0.05) is 13.8 Å². The van der Waals surface area contributed by atoms with Crippen LogP contribution in [0.5, 0.6) is 0 Å². The summed E-state index contributed by atoms with van der Waals surface area (Å²) in [6.45, 7) is 3.78. The zero-order valence-electron chi connectivity index (χ0n) is 16.1. The monoisotopic (exact) mass is 388 g/mol. The first kappa shape index (κ1) is 18.8. The summed E-state index contributed by atoms with van der Waals surface area (Å²) < 4.78 is 15.7. The van der Waals surface area contributed by atoms with Crippen molar-refractivity contribution in [2.45, 2.75) is 39.2 Å². The zero-order valence-corrected chi connectivity index (χ0v) is 16.1. The average molecular weight is 388 g/mol. The Bertz CT molecular complexity index is 854. The normalized spacial score (nSPS) is 40.0. The Morgan fingerprint density at radius 1 is 1.29 bits per heavy atom. The first-order valence-electron chi connectivity index (χ1n) is 9.48. The topological polar surface area (TPSA) is 103 Å². The van der Waals surface area contributed by atoms with Gasteiger partial charge in [-0.3, -0.25) is 14.4 Å². The lowest BCUT2D eigenvalue weighted by Crippen LogP contribution is -2.61. The second kappa shape index (κ2) is 6.22. The lowest BCUT2D eigenvalue weighted by Gasteiger charge is -2.59. The largest absolute Gasteiger partial charge is 0.505 e. The second-order valence-electron chi connectivity index (χ2n) is 8.64. The zero-order chi connectivity index (χ0) is 20.3. The molecule has 28 heavy (non-hydrogen) atoms. The van der Waals surface area contributed by atoms with E-state index in [4.69, 9.17) is 13.9 Å². The molecule has 1 aliphatic heterocycles. The van der Waals surface area contributed by atoms with Gasteiger partial charge in [0, 0.05) is 11.5 Å². The first-order valence-corrected chi connectivity index (χ1v) is 9.48. The molecule has 0 radical (unpaired) electrons. The summed E-state index contributed by atoms with van der Waals surface area (Å²) >= 11 is 0. The molecule has 1 saturated carbocycles. The molecule has 150 valence electrons. The number of hydrogen-bond acceptors (Lipinski definition) is 7. The van der Waals surface area contributed by atoms with Gasteiger partial charge in [-0.05, 0) is 42.2 Å². The van der Waals surface area contributed by atoms with Crippen LogP contribution in [-0.2, 0) is 23.9 Å². The van der Waals surface area contributed by atoms with E-state index in [-0.39, 0.29) is 5.97 Å². The van der Waals surface area contributed by atoms with E-state index in [0.29, 0.717) is 19.3 Å². The van der Waals surface area contributed by atoms with Crippen LogP contribution in [0.2, 0.25) is 0 Å². The fourth-order valence-electron chi connectivity index (χ4n) is 5.82. The van der Waals surface area contributed by atoms with E-state index in [1.807, 2.05) is 13.8 Å². The first-order chi connectivity index (χ1) is 13.2. The minimum Gasteiger partial charge on any atom is -0.505 e. The van der Waals surface area contributed by atoms with Crippen molar-refractivity contribution in [2.24, 2.45) is 28.6 Å². The highest BCUT2D eigenvalue weighted by atomic mass is 16.5. The van der Waals surface area contributed by atoms with E-state index in [1.54, 1.807) is 6.07 Å². The molecule has 0 bridgehead atoms. The summed E-state index contributed by atoms with van der Waals surface area (Å²) in [5.74, 6) is -3.61. The molecule has 1 aromatic heterocycles. The van der Waals surface area contributed by atoms with Crippen molar-refractivity contribution in [2.75, 3.05) is 7.11 Å². The van der Waals surface area contributed by atoms with E-state index >= 15 is 0 Å². The third-order valence-electron chi connectivity index (χ3n) is 7.17. The molecule has 0 aromatic carbocycles. The van der Waals surface area contributed by atoms with Gasteiger partial charge in [-0.2, -0.15) is 0 Å². The maximum atomic E-state index is 13.1. The number of hydrogen-bond donors (Lipinski definition) is 1. The van der Waals surface area contributed by atoms with E-state index in [2.05, 4.69) is 0 Å². The molecule has 0 amide bonds. The molecule has 1 saturated heterocycles. The summed E-state index contributed by atoms with van der Waals surface area (Å²) in [6.07, 6.45) is 5.22. The summed E-state index contributed by atoms with van der Waals surface area (Å²) in [6, 6.07) is 1.74. The quantitative estimate of drug-likeness (QED) is 0.776. The van der Waals surface area contributed by atoms with Gasteiger partial charge in [-0.25, -0.2) is 0 Å². The Morgan fingerprint density at radius 3 is 2.68 bits per heavy atom. The number of rotatable bonds is 2. The number of aliphatic hydroxyl groups is 1. The number of furan rings is 1. The number of esters is 2. The number of methoxy groups -OCH3 is 1. The number of Topliss-reactive ketones (excluding diaryl/α,β-unsaturated/α-hetero) is 1. The van der Waals surface area contributed by atoms with Crippen molar-refractivity contribution in [1.82, 2.24) is 0 Å². The molecule has 1 N–H and O–H groups in total. The van der Waals surface area contributed by atoms with Gasteiger partial charge in [0.2, 0.25) is 5.78 Å². The molecule has 3 aliphatic rings. The van der Waals surface area contributed by atoms with Crippen LogP contribution in [0, 0.1) is 28.6 Å². The molecule has 2 fully saturated rings. The number of ether oxygens (including phenoxy) is 2. The van der Waals surface area contributed by atoms with E-state index in [9.17, 15) is 19.5 Å². The molecular weight excluding hydrogens is 364 g/mol. The maximum absolute atomic E-state index is 13.1. The SMILES string of the molecule is COC(=O)[C@@H]1C=C(O)C(=O)[C@H]2[C@@]1(C)CC[C@H]1C(=O)O[C@@H](c3ccoc3)C[C@]21C. The minimum absolute atomic E-state index is 0.349. The predicted molar refractivity (Wildman–Crippen MR) is 95.8 cm³/mol. The standard InChI is InChI=1S/C21H24O7/c1-20-6-4-12-19(25)28-15(11-5-7-27-10-11)9-21(12,2)17(20)16(23)14(22)8-13(20)18(24)26-3/h5,7-8,10,12-13,15,17,22H,4,6,9H2,1-3H3/t12-,13-,15+,17-,20-,21-/m0/s1. The smallest absolute Gasteiger partial charge is 0.313 e. The van der Waals surface area contributed by atoms with E-state index < -0.39 is 52.2 Å². The predicted octanol–water partition coefficient (Wildman–Crippen LogP) is 3.12. The summed E-state index contributed by atoms with van der Waals surface area (Å²) in [4.78, 5) is 38.5. The van der Waals surface area contributed by atoms with Crippen LogP contribution in [0.25, 0.3) is 0 Å². The molecule has 7 heteroatoms. The van der Waals surface area contributed by atoms with Gasteiger partial charge in [0.25, 0.3) is 0 Å². The second-order valence-corrected chi connectivity index (χ2v) is 8.64. The van der Waals surface area contributed by atoms with Gasteiger partial charge in [-0.15, -0.1) is 0 Å². The van der Waals surface area contributed by atoms with Crippen LogP contribution in [0.15, 0.2) is 34.8 Å². The van der Waals surface area contributed by atoms with Gasteiger partial charge in [0.05, 0.1) is 31.5 Å². The lowest BCUT2D eigenvalue weighted by molar-refractivity contribution is -0.197. The van der Waals surface area contributed by atoms with Crippen molar-refractivity contribution in [3.63, 3.8) is 0 Å². The number of allylic oxidation sites excluding steroid dienone is 1. The van der Waals surface area contributed by atoms with E-state index in [0.717, 1.165) is 5.56 Å². The van der Waals surface area contributed by atoms with Crippen molar-refractivity contribution in [3.8, 4) is 0 Å². The Morgan fingerprint density at radius 2 is 2.04 bits per heavy atom. The van der Waals surface area contributed by atoms with Crippen LogP contribution in [0.3, 0.4) is 0 Å². The number of ketones is 1. The van der Waals surface area contributed by atoms with E-state index in [1.165, 1.54) is 25.7 Å². The van der Waals surface area contributed by atoms with Crippen molar-refractivity contribution in [3.05, 3.63) is 36.0 Å². The summed E-state index contributed by atoms with van der Waals surface area (Å²) in [5, 5.41) is 10.3. The molecule has 4 rings (SSSR count). The van der Waals surface area contributed by atoms with Crippen LogP contribution in [0.4, 0.5) is 0 Å².